The van der Waals surface area contributed by atoms with Gasteiger partial charge in [-0.1, -0.05) is 36.7 Å². The van der Waals surface area contributed by atoms with E-state index in [1.807, 2.05) is 18.2 Å². The van der Waals surface area contributed by atoms with Gasteiger partial charge in [0.1, 0.15) is 4.90 Å². The fourth-order valence-corrected chi connectivity index (χ4v) is 6.90. The summed E-state index contributed by atoms with van der Waals surface area (Å²) in [4.78, 5) is 17.3. The largest absolute Gasteiger partial charge is 0.371 e. The summed E-state index contributed by atoms with van der Waals surface area (Å²) in [5.74, 6) is 0.0743. The van der Waals surface area contributed by atoms with Crippen molar-refractivity contribution >= 4 is 33.2 Å². The van der Waals surface area contributed by atoms with Crippen LogP contribution in [0.15, 0.2) is 47.4 Å². The number of nitrogens with zero attached hydrogens (tertiary/aromatic N) is 3. The maximum absolute atomic E-state index is 13.3. The number of hydrogen-bond donors (Lipinski definition) is 0. The Balaban J connectivity index is 1.56. The third-order valence-corrected chi connectivity index (χ3v) is 8.96. The molecule has 0 saturated carbocycles. The van der Waals surface area contributed by atoms with Crippen LogP contribution in [0.1, 0.15) is 48.5 Å². The second kappa shape index (κ2) is 10.0. The van der Waals surface area contributed by atoms with Crippen molar-refractivity contribution in [2.75, 3.05) is 38.1 Å². The molecule has 1 amide bonds. The Morgan fingerprint density at radius 3 is 2.55 bits per heavy atom. The molecule has 0 spiro atoms. The first-order chi connectivity index (χ1) is 15.8. The molecule has 1 unspecified atom stereocenters. The number of piperidine rings is 1. The Kier molecular flexibility index (Phi) is 7.31. The van der Waals surface area contributed by atoms with E-state index in [-0.39, 0.29) is 15.8 Å². The van der Waals surface area contributed by atoms with E-state index in [1.165, 1.54) is 29.3 Å². The van der Waals surface area contributed by atoms with Crippen LogP contribution in [-0.4, -0.2) is 56.8 Å². The van der Waals surface area contributed by atoms with E-state index in [9.17, 15) is 13.2 Å². The van der Waals surface area contributed by atoms with Crippen molar-refractivity contribution in [2.24, 2.45) is 5.92 Å². The van der Waals surface area contributed by atoms with Crippen molar-refractivity contribution in [2.45, 2.75) is 44.0 Å². The van der Waals surface area contributed by atoms with Crippen LogP contribution in [-0.2, 0) is 16.6 Å². The molecule has 0 radical (unpaired) electrons. The number of benzene rings is 2. The first kappa shape index (κ1) is 24.0. The lowest BCUT2D eigenvalue weighted by Gasteiger charge is -2.30. The summed E-state index contributed by atoms with van der Waals surface area (Å²) in [5, 5.41) is 0.145. The molecule has 2 aromatic carbocycles. The standard InChI is InChI=1S/C25H32ClN3O3S/c1-19-8-7-15-29(17-19)33(31,32)24-16-20(11-12-22(24)26)25(30)27(2)18-21-9-3-4-10-23(21)28-13-5-6-14-28/h3-4,9-12,16,19H,5-8,13-15,17-18H2,1-2H3. The topological polar surface area (TPSA) is 60.9 Å². The highest BCUT2D eigenvalue weighted by Crippen LogP contribution is 2.30. The van der Waals surface area contributed by atoms with E-state index in [0.717, 1.165) is 37.2 Å². The third kappa shape index (κ3) is 5.20. The maximum atomic E-state index is 13.3. The van der Waals surface area contributed by atoms with Gasteiger partial charge in [0, 0.05) is 51.0 Å². The zero-order valence-electron chi connectivity index (χ0n) is 19.3. The molecule has 2 saturated heterocycles. The highest BCUT2D eigenvalue weighted by atomic mass is 35.5. The van der Waals surface area contributed by atoms with Crippen LogP contribution in [0.25, 0.3) is 0 Å². The van der Waals surface area contributed by atoms with Crippen LogP contribution in [0, 0.1) is 5.92 Å². The quantitative estimate of drug-likeness (QED) is 0.593. The molecule has 0 bridgehead atoms. The summed E-state index contributed by atoms with van der Waals surface area (Å²) in [6, 6.07) is 12.7. The highest BCUT2D eigenvalue weighted by molar-refractivity contribution is 7.89. The van der Waals surface area contributed by atoms with Crippen molar-refractivity contribution in [1.29, 1.82) is 0 Å². The van der Waals surface area contributed by atoms with Gasteiger partial charge >= 0.3 is 0 Å². The number of carbonyl (C=O) groups is 1. The SMILES string of the molecule is CC1CCCN(S(=O)(=O)c2cc(C(=O)N(C)Cc3ccccc3N3CCCC3)ccc2Cl)C1. The number of anilines is 1. The van der Waals surface area contributed by atoms with Gasteiger partial charge in [0.05, 0.1) is 5.02 Å². The smallest absolute Gasteiger partial charge is 0.253 e. The van der Waals surface area contributed by atoms with E-state index < -0.39 is 10.0 Å². The van der Waals surface area contributed by atoms with Gasteiger partial charge in [0.25, 0.3) is 5.91 Å². The number of hydrogen-bond acceptors (Lipinski definition) is 4. The predicted octanol–water partition coefficient (Wildman–Crippen LogP) is 4.63. The average Bonchev–Trinajstić information content (AvgIpc) is 3.34. The van der Waals surface area contributed by atoms with Crippen LogP contribution in [0.4, 0.5) is 5.69 Å². The van der Waals surface area contributed by atoms with Crippen LogP contribution >= 0.6 is 11.6 Å². The minimum Gasteiger partial charge on any atom is -0.371 e. The van der Waals surface area contributed by atoms with Gasteiger partial charge < -0.3 is 9.80 Å². The Labute approximate surface area is 202 Å². The monoisotopic (exact) mass is 489 g/mol. The summed E-state index contributed by atoms with van der Waals surface area (Å²) < 4.78 is 28.1. The van der Waals surface area contributed by atoms with E-state index in [1.54, 1.807) is 18.0 Å². The van der Waals surface area contributed by atoms with Crippen molar-refractivity contribution in [3.05, 3.63) is 58.6 Å². The molecule has 1 atom stereocenters. The molecule has 2 fully saturated rings. The third-order valence-electron chi connectivity index (χ3n) is 6.61. The number of para-hydroxylation sites is 1. The Morgan fingerprint density at radius 1 is 1.09 bits per heavy atom. The van der Waals surface area contributed by atoms with Crippen molar-refractivity contribution < 1.29 is 13.2 Å². The van der Waals surface area contributed by atoms with Gasteiger partial charge in [0.2, 0.25) is 10.0 Å². The number of carbonyl (C=O) groups excluding carboxylic acids is 1. The predicted molar refractivity (Wildman–Crippen MR) is 132 cm³/mol. The second-order valence-corrected chi connectivity index (χ2v) is 11.6. The highest BCUT2D eigenvalue weighted by Gasteiger charge is 2.31. The molecule has 4 rings (SSSR count). The summed E-state index contributed by atoms with van der Waals surface area (Å²) in [6.45, 7) is 5.51. The van der Waals surface area contributed by atoms with Crippen LogP contribution < -0.4 is 4.90 Å². The lowest BCUT2D eigenvalue weighted by Crippen LogP contribution is -2.39. The fraction of sp³-hybridized carbons (Fsp3) is 0.480. The number of amides is 1. The van der Waals surface area contributed by atoms with Gasteiger partial charge in [0.15, 0.2) is 0 Å². The summed E-state index contributed by atoms with van der Waals surface area (Å²) in [6.07, 6.45) is 4.21. The minimum absolute atomic E-state index is 0.00924. The molecule has 0 aromatic heterocycles. The normalized spacial score (nSPS) is 19.6. The minimum atomic E-state index is -3.76. The molecule has 0 N–H and O–H groups in total. The molecule has 0 aliphatic carbocycles. The lowest BCUT2D eigenvalue weighted by molar-refractivity contribution is 0.0785. The van der Waals surface area contributed by atoms with Gasteiger partial charge in [-0.15, -0.1) is 0 Å². The molecule has 33 heavy (non-hydrogen) atoms. The van der Waals surface area contributed by atoms with Crippen molar-refractivity contribution in [3.63, 3.8) is 0 Å². The van der Waals surface area contributed by atoms with E-state index >= 15 is 0 Å². The van der Waals surface area contributed by atoms with Gasteiger partial charge in [-0.3, -0.25) is 4.79 Å². The summed E-state index contributed by atoms with van der Waals surface area (Å²) >= 11 is 6.31. The number of halogens is 1. The van der Waals surface area contributed by atoms with Crippen molar-refractivity contribution in [1.82, 2.24) is 9.21 Å². The van der Waals surface area contributed by atoms with E-state index in [4.69, 9.17) is 11.6 Å². The molecule has 6 nitrogen and oxygen atoms in total. The Bertz CT molecular complexity index is 1120. The maximum Gasteiger partial charge on any atom is 0.253 e. The molecular formula is C25H32ClN3O3S. The van der Waals surface area contributed by atoms with Crippen molar-refractivity contribution in [3.8, 4) is 0 Å². The summed E-state index contributed by atoms with van der Waals surface area (Å²) in [5.41, 5.74) is 2.57. The van der Waals surface area contributed by atoms with Crippen LogP contribution in [0.5, 0.6) is 0 Å². The molecule has 178 valence electrons. The molecule has 2 aromatic rings. The number of rotatable bonds is 6. The van der Waals surface area contributed by atoms with Crippen LogP contribution in [0.3, 0.4) is 0 Å². The van der Waals surface area contributed by atoms with E-state index in [0.29, 0.717) is 31.1 Å². The Morgan fingerprint density at radius 2 is 1.82 bits per heavy atom. The number of sulfonamides is 1. The van der Waals surface area contributed by atoms with Gasteiger partial charge in [-0.25, -0.2) is 8.42 Å². The second-order valence-electron chi connectivity index (χ2n) is 9.24. The average molecular weight is 490 g/mol. The Hall–Kier alpha value is -2.09. The zero-order valence-corrected chi connectivity index (χ0v) is 20.9. The molecule has 2 heterocycles. The lowest BCUT2D eigenvalue weighted by atomic mass is 10.0. The first-order valence-corrected chi connectivity index (χ1v) is 13.5. The summed E-state index contributed by atoms with van der Waals surface area (Å²) in [7, 11) is -2.01. The first-order valence-electron chi connectivity index (χ1n) is 11.7. The molecular weight excluding hydrogens is 458 g/mol. The fourth-order valence-electron chi connectivity index (χ4n) is 4.80. The molecule has 2 aliphatic rings. The zero-order chi connectivity index (χ0) is 23.6. The van der Waals surface area contributed by atoms with Gasteiger partial charge in [-0.2, -0.15) is 4.31 Å². The van der Waals surface area contributed by atoms with Gasteiger partial charge in [-0.05, 0) is 61.4 Å². The van der Waals surface area contributed by atoms with Crippen LogP contribution in [0.2, 0.25) is 5.02 Å². The van der Waals surface area contributed by atoms with E-state index in [2.05, 4.69) is 17.9 Å². The molecule has 2 aliphatic heterocycles. The molecule has 8 heteroatoms.